The molecule has 2 atom stereocenters. The fraction of sp³-hybridized carbons (Fsp3) is 0.400. The number of aliphatic hydroxyl groups is 1. The smallest absolute Gasteiger partial charge is 0.326 e. The van der Waals surface area contributed by atoms with Crippen LogP contribution in [0.15, 0.2) is 17.2 Å². The Morgan fingerprint density at radius 2 is 2.22 bits per heavy atom. The van der Waals surface area contributed by atoms with Gasteiger partial charge in [0.1, 0.15) is 11.7 Å². The third-order valence-corrected chi connectivity index (χ3v) is 2.72. The molecule has 0 aliphatic carbocycles. The average molecular weight is 253 g/mol. The van der Waals surface area contributed by atoms with Gasteiger partial charge in [0.25, 0.3) is 11.5 Å². The van der Waals surface area contributed by atoms with E-state index in [1.807, 2.05) is 0 Å². The molecular weight excluding hydrogens is 242 g/mol. The third kappa shape index (κ3) is 2.23. The van der Waals surface area contributed by atoms with Crippen LogP contribution in [0.5, 0.6) is 0 Å². The summed E-state index contributed by atoms with van der Waals surface area (Å²) in [5, 5.41) is 18.4. The van der Waals surface area contributed by atoms with E-state index in [0.29, 0.717) is 0 Å². The van der Waals surface area contributed by atoms with Crippen molar-refractivity contribution in [2.75, 3.05) is 6.54 Å². The van der Waals surface area contributed by atoms with Crippen LogP contribution in [-0.2, 0) is 4.79 Å². The number of nitrogens with zero attached hydrogens (tertiary/aromatic N) is 2. The molecule has 2 heterocycles. The van der Waals surface area contributed by atoms with Gasteiger partial charge in [-0.2, -0.15) is 0 Å². The van der Waals surface area contributed by atoms with Crippen molar-refractivity contribution < 1.29 is 19.8 Å². The number of likely N-dealkylation sites (tertiary alicyclic amines) is 1. The summed E-state index contributed by atoms with van der Waals surface area (Å²) in [5.74, 6) is -1.81. The third-order valence-electron chi connectivity index (χ3n) is 2.72. The zero-order chi connectivity index (χ0) is 13.3. The Kier molecular flexibility index (Phi) is 3.11. The number of aromatic nitrogens is 2. The molecule has 1 saturated heterocycles. The average Bonchev–Trinajstić information content (AvgIpc) is 2.71. The number of carboxylic acids is 1. The van der Waals surface area contributed by atoms with E-state index < -0.39 is 29.6 Å². The highest BCUT2D eigenvalue weighted by Crippen LogP contribution is 2.19. The number of aliphatic carboxylic acids is 1. The zero-order valence-corrected chi connectivity index (χ0v) is 9.24. The largest absolute Gasteiger partial charge is 0.480 e. The predicted octanol–water partition coefficient (Wildman–Crippen LogP) is -1.57. The first-order valence-corrected chi connectivity index (χ1v) is 5.25. The van der Waals surface area contributed by atoms with Crippen molar-refractivity contribution in [2.24, 2.45) is 0 Å². The summed E-state index contributed by atoms with van der Waals surface area (Å²) in [6.45, 7) is -0.0589. The molecule has 18 heavy (non-hydrogen) atoms. The minimum absolute atomic E-state index is 0.00950. The number of β-amino-alcohol motifs (C(OH)–C–C–N with tert-alkyl or cyclic N) is 1. The van der Waals surface area contributed by atoms with E-state index in [1.165, 1.54) is 0 Å². The summed E-state index contributed by atoms with van der Waals surface area (Å²) in [4.78, 5) is 40.7. The first-order valence-electron chi connectivity index (χ1n) is 5.25. The molecule has 0 radical (unpaired) electrons. The number of carbonyl (C=O) groups excluding carboxylic acids is 1. The Balaban J connectivity index is 2.25. The van der Waals surface area contributed by atoms with Crippen molar-refractivity contribution in [2.45, 2.75) is 18.6 Å². The highest BCUT2D eigenvalue weighted by molar-refractivity contribution is 5.95. The molecule has 0 aromatic carbocycles. The molecule has 0 saturated carbocycles. The van der Waals surface area contributed by atoms with Crippen LogP contribution < -0.4 is 5.56 Å². The van der Waals surface area contributed by atoms with Gasteiger partial charge >= 0.3 is 5.97 Å². The first-order chi connectivity index (χ1) is 8.49. The minimum Gasteiger partial charge on any atom is -0.480 e. The maximum absolute atomic E-state index is 12.0. The fourth-order valence-electron chi connectivity index (χ4n) is 1.88. The summed E-state index contributed by atoms with van der Waals surface area (Å²) >= 11 is 0. The van der Waals surface area contributed by atoms with Gasteiger partial charge in [0.15, 0.2) is 0 Å². The number of aromatic amines is 1. The molecule has 0 unspecified atom stereocenters. The topological polar surface area (TPSA) is 124 Å². The fourth-order valence-corrected chi connectivity index (χ4v) is 1.88. The monoisotopic (exact) mass is 253 g/mol. The van der Waals surface area contributed by atoms with Gasteiger partial charge in [0.2, 0.25) is 0 Å². The van der Waals surface area contributed by atoms with Crippen molar-refractivity contribution in [1.29, 1.82) is 0 Å². The Labute approximate surface area is 101 Å². The molecule has 3 N–H and O–H groups in total. The summed E-state index contributed by atoms with van der Waals surface area (Å²) < 4.78 is 0. The van der Waals surface area contributed by atoms with Crippen molar-refractivity contribution in [3.63, 3.8) is 0 Å². The number of carbonyl (C=O) groups is 2. The molecule has 2 rings (SSSR count). The van der Waals surface area contributed by atoms with E-state index in [4.69, 9.17) is 5.11 Å². The maximum atomic E-state index is 12.0. The highest BCUT2D eigenvalue weighted by Gasteiger charge is 2.39. The molecule has 8 nitrogen and oxygen atoms in total. The molecule has 1 aromatic heterocycles. The van der Waals surface area contributed by atoms with Crippen LogP contribution >= 0.6 is 0 Å². The van der Waals surface area contributed by atoms with E-state index in [0.717, 1.165) is 17.3 Å². The number of rotatable bonds is 2. The second-order valence-electron chi connectivity index (χ2n) is 4.00. The van der Waals surface area contributed by atoms with Crippen LogP contribution in [0, 0.1) is 0 Å². The summed E-state index contributed by atoms with van der Waals surface area (Å²) in [6.07, 6.45) is 1.19. The number of hydrogen-bond donors (Lipinski definition) is 3. The SMILES string of the molecule is O=C(O)[C@H]1C[C@@H](O)CN1C(=O)c1c[nH]c(=O)cn1. The Morgan fingerprint density at radius 1 is 1.50 bits per heavy atom. The van der Waals surface area contributed by atoms with E-state index >= 15 is 0 Å². The predicted molar refractivity (Wildman–Crippen MR) is 57.9 cm³/mol. The van der Waals surface area contributed by atoms with Crippen LogP contribution in [0.25, 0.3) is 0 Å². The molecule has 1 amide bonds. The Hall–Kier alpha value is -2.22. The van der Waals surface area contributed by atoms with Gasteiger partial charge in [-0.15, -0.1) is 0 Å². The number of H-pyrrole nitrogens is 1. The molecule has 1 fully saturated rings. The molecule has 96 valence electrons. The van der Waals surface area contributed by atoms with E-state index in [2.05, 4.69) is 9.97 Å². The van der Waals surface area contributed by atoms with Gasteiger partial charge in [-0.25, -0.2) is 9.78 Å². The standard InChI is InChI=1S/C10H11N3O5/c14-5-1-7(10(17)18)13(4-5)9(16)6-2-12-8(15)3-11-6/h2-3,5,7,14H,1,4H2,(H,12,15)(H,17,18)/t5-,7-/m1/s1. The summed E-state index contributed by atoms with van der Waals surface area (Å²) in [7, 11) is 0. The number of aliphatic hydroxyl groups excluding tert-OH is 1. The molecule has 1 aromatic rings. The first kappa shape index (κ1) is 12.2. The Morgan fingerprint density at radius 3 is 2.78 bits per heavy atom. The summed E-state index contributed by atoms with van der Waals surface area (Å²) in [6, 6.07) is -1.07. The van der Waals surface area contributed by atoms with Gasteiger partial charge in [0, 0.05) is 19.2 Å². The number of hydrogen-bond acceptors (Lipinski definition) is 5. The molecular formula is C10H11N3O5. The molecule has 0 spiro atoms. The van der Waals surface area contributed by atoms with Gasteiger partial charge in [-0.1, -0.05) is 0 Å². The lowest BCUT2D eigenvalue weighted by atomic mass is 10.2. The lowest BCUT2D eigenvalue weighted by Crippen LogP contribution is -2.41. The van der Waals surface area contributed by atoms with E-state index in [9.17, 15) is 19.5 Å². The van der Waals surface area contributed by atoms with Gasteiger partial charge in [0.05, 0.1) is 12.3 Å². The van der Waals surface area contributed by atoms with Crippen LogP contribution in [0.4, 0.5) is 0 Å². The molecule has 8 heteroatoms. The van der Waals surface area contributed by atoms with Crippen LogP contribution in [-0.4, -0.2) is 55.6 Å². The molecule has 1 aliphatic rings. The number of carboxylic acid groups (broad SMARTS) is 1. The van der Waals surface area contributed by atoms with Crippen molar-refractivity contribution in [3.05, 3.63) is 28.4 Å². The summed E-state index contributed by atoms with van der Waals surface area (Å²) in [5.41, 5.74) is -0.516. The van der Waals surface area contributed by atoms with Crippen molar-refractivity contribution in [3.8, 4) is 0 Å². The van der Waals surface area contributed by atoms with Crippen LogP contribution in [0.2, 0.25) is 0 Å². The van der Waals surface area contributed by atoms with Crippen LogP contribution in [0.1, 0.15) is 16.9 Å². The molecule has 0 bridgehead atoms. The second-order valence-corrected chi connectivity index (χ2v) is 4.00. The van der Waals surface area contributed by atoms with Crippen molar-refractivity contribution >= 4 is 11.9 Å². The quantitative estimate of drug-likeness (QED) is 0.585. The number of amides is 1. The normalized spacial score (nSPS) is 23.1. The van der Waals surface area contributed by atoms with Gasteiger partial charge in [-0.05, 0) is 0 Å². The van der Waals surface area contributed by atoms with Crippen molar-refractivity contribution in [1.82, 2.24) is 14.9 Å². The van der Waals surface area contributed by atoms with E-state index in [1.54, 1.807) is 0 Å². The molecule has 1 aliphatic heterocycles. The zero-order valence-electron chi connectivity index (χ0n) is 9.24. The minimum atomic E-state index is -1.18. The highest BCUT2D eigenvalue weighted by atomic mass is 16.4. The van der Waals surface area contributed by atoms with Gasteiger partial charge < -0.3 is 20.1 Å². The Bertz CT molecular complexity index is 520. The van der Waals surface area contributed by atoms with Gasteiger partial charge in [-0.3, -0.25) is 9.59 Å². The van der Waals surface area contributed by atoms with Crippen LogP contribution in [0.3, 0.4) is 0 Å². The lowest BCUT2D eigenvalue weighted by Gasteiger charge is -2.20. The number of nitrogens with one attached hydrogen (secondary N) is 1. The van der Waals surface area contributed by atoms with E-state index in [-0.39, 0.29) is 18.7 Å². The maximum Gasteiger partial charge on any atom is 0.326 e. The lowest BCUT2D eigenvalue weighted by molar-refractivity contribution is -0.141. The second kappa shape index (κ2) is 4.57.